The third-order valence-electron chi connectivity index (χ3n) is 5.07. The van der Waals surface area contributed by atoms with Gasteiger partial charge in [-0.05, 0) is 31.9 Å². The minimum absolute atomic E-state index is 0.0209. The second kappa shape index (κ2) is 10.2. The molecule has 7 nitrogen and oxygen atoms in total. The maximum absolute atomic E-state index is 12.5. The molecule has 2 heterocycles. The van der Waals surface area contributed by atoms with Gasteiger partial charge < -0.3 is 16.4 Å². The third kappa shape index (κ3) is 6.04. The van der Waals surface area contributed by atoms with Crippen molar-refractivity contribution in [1.82, 2.24) is 20.3 Å². The smallest absolute Gasteiger partial charge is 0.222 e. The summed E-state index contributed by atoms with van der Waals surface area (Å²) >= 11 is 0. The highest BCUT2D eigenvalue weighted by molar-refractivity contribution is 5.86. The van der Waals surface area contributed by atoms with Crippen molar-refractivity contribution in [3.8, 4) is 0 Å². The normalized spacial score (nSPS) is 14.4. The summed E-state index contributed by atoms with van der Waals surface area (Å²) < 4.78 is 0. The third-order valence-corrected chi connectivity index (χ3v) is 5.07. The summed E-state index contributed by atoms with van der Waals surface area (Å²) in [5.74, 6) is 0.934. The molecule has 0 aliphatic carbocycles. The topological polar surface area (TPSA) is 106 Å². The first-order valence-electron chi connectivity index (χ1n) is 10.3. The van der Waals surface area contributed by atoms with Gasteiger partial charge in [0.25, 0.3) is 0 Å². The summed E-state index contributed by atoms with van der Waals surface area (Å²) in [6, 6.07) is 3.69. The van der Waals surface area contributed by atoms with Gasteiger partial charge in [-0.2, -0.15) is 4.98 Å². The number of fused-ring (bicyclic) bond motifs is 1. The molecule has 4 N–H and O–H groups in total. The zero-order valence-corrected chi connectivity index (χ0v) is 17.6. The van der Waals surface area contributed by atoms with Crippen LogP contribution in [0.4, 0.5) is 11.8 Å². The number of pyridine rings is 1. The number of hydrogen-bond donors (Lipinski definition) is 3. The van der Waals surface area contributed by atoms with E-state index in [-0.39, 0.29) is 23.3 Å². The van der Waals surface area contributed by atoms with Crippen LogP contribution in [0.5, 0.6) is 0 Å². The first kappa shape index (κ1) is 21.9. The number of nitrogen functional groups attached to an aromatic ring is 1. The van der Waals surface area contributed by atoms with Crippen LogP contribution in [0.25, 0.3) is 11.0 Å². The van der Waals surface area contributed by atoms with E-state index in [0.717, 1.165) is 38.5 Å². The minimum Gasteiger partial charge on any atom is -0.368 e. The van der Waals surface area contributed by atoms with Gasteiger partial charge in [0.1, 0.15) is 5.52 Å². The molecule has 7 heteroatoms. The summed E-state index contributed by atoms with van der Waals surface area (Å²) in [7, 11) is 0. The quantitative estimate of drug-likeness (QED) is 0.541. The van der Waals surface area contributed by atoms with Gasteiger partial charge in [0.2, 0.25) is 11.9 Å². The van der Waals surface area contributed by atoms with Crippen molar-refractivity contribution in [3.05, 3.63) is 18.3 Å². The van der Waals surface area contributed by atoms with E-state index >= 15 is 0 Å². The fraction of sp³-hybridized carbons (Fsp3) is 0.619. The maximum Gasteiger partial charge on any atom is 0.222 e. The minimum atomic E-state index is -0.360. The molecule has 0 aliphatic heterocycles. The maximum atomic E-state index is 12.5. The second-order valence-corrected chi connectivity index (χ2v) is 7.85. The largest absolute Gasteiger partial charge is 0.368 e. The highest BCUT2D eigenvalue weighted by Crippen LogP contribution is 2.25. The number of rotatable bonds is 11. The fourth-order valence-corrected chi connectivity index (χ4v) is 3.22. The Hall–Kier alpha value is -2.44. The SMILES string of the molecule is CCCC[C@H](C)C(=O)NC[C@](C)(CCCC)Nc1nc(N)nc2cccnc12. The Kier molecular flexibility index (Phi) is 7.96. The Morgan fingerprint density at radius 1 is 1.25 bits per heavy atom. The van der Waals surface area contributed by atoms with Crippen LogP contribution >= 0.6 is 0 Å². The number of unbranched alkanes of at least 4 members (excludes halogenated alkanes) is 2. The predicted molar refractivity (Wildman–Crippen MR) is 115 cm³/mol. The highest BCUT2D eigenvalue weighted by atomic mass is 16.1. The first-order chi connectivity index (χ1) is 13.4. The van der Waals surface area contributed by atoms with E-state index in [9.17, 15) is 4.79 Å². The van der Waals surface area contributed by atoms with Gasteiger partial charge >= 0.3 is 0 Å². The van der Waals surface area contributed by atoms with Gasteiger partial charge in [0.15, 0.2) is 5.82 Å². The molecule has 28 heavy (non-hydrogen) atoms. The molecule has 0 aliphatic rings. The number of carbonyl (C=O) groups is 1. The molecule has 0 unspecified atom stereocenters. The molecule has 0 saturated carbocycles. The fourth-order valence-electron chi connectivity index (χ4n) is 3.22. The Labute approximate surface area is 167 Å². The van der Waals surface area contributed by atoms with Crippen LogP contribution in [0.3, 0.4) is 0 Å². The average Bonchev–Trinajstić information content (AvgIpc) is 2.68. The summed E-state index contributed by atoms with van der Waals surface area (Å²) in [5, 5.41) is 6.63. The highest BCUT2D eigenvalue weighted by Gasteiger charge is 2.27. The molecule has 1 amide bonds. The van der Waals surface area contributed by atoms with Crippen LogP contribution in [0, 0.1) is 5.92 Å². The van der Waals surface area contributed by atoms with Crippen LogP contribution in [0.2, 0.25) is 0 Å². The molecule has 0 saturated heterocycles. The molecule has 2 atom stereocenters. The van der Waals surface area contributed by atoms with Gasteiger partial charge in [-0.15, -0.1) is 0 Å². The van der Waals surface area contributed by atoms with E-state index in [1.54, 1.807) is 6.20 Å². The lowest BCUT2D eigenvalue weighted by Gasteiger charge is -2.32. The summed E-state index contributed by atoms with van der Waals surface area (Å²) in [6.45, 7) is 8.91. The molecule has 0 fully saturated rings. The number of amides is 1. The molecular formula is C21H34N6O. The van der Waals surface area contributed by atoms with Crippen molar-refractivity contribution in [2.45, 2.75) is 71.8 Å². The Bertz CT molecular complexity index is 781. The Balaban J connectivity index is 2.17. The van der Waals surface area contributed by atoms with E-state index in [4.69, 9.17) is 5.73 Å². The first-order valence-corrected chi connectivity index (χ1v) is 10.3. The van der Waals surface area contributed by atoms with Gasteiger partial charge in [-0.3, -0.25) is 9.78 Å². The number of nitrogens with zero attached hydrogens (tertiary/aromatic N) is 3. The molecule has 2 aromatic heterocycles. The molecule has 2 rings (SSSR count). The van der Waals surface area contributed by atoms with Gasteiger partial charge in [-0.25, -0.2) is 4.98 Å². The average molecular weight is 387 g/mol. The zero-order chi connectivity index (χ0) is 20.6. The van der Waals surface area contributed by atoms with Crippen LogP contribution < -0.4 is 16.4 Å². The van der Waals surface area contributed by atoms with Crippen molar-refractivity contribution in [3.63, 3.8) is 0 Å². The van der Waals surface area contributed by atoms with E-state index in [0.29, 0.717) is 23.4 Å². The molecule has 0 aromatic carbocycles. The molecular weight excluding hydrogens is 352 g/mol. The predicted octanol–water partition coefficient (Wildman–Crippen LogP) is 3.91. The van der Waals surface area contributed by atoms with Crippen molar-refractivity contribution < 1.29 is 4.79 Å². The van der Waals surface area contributed by atoms with Gasteiger partial charge in [0, 0.05) is 18.7 Å². The molecule has 0 radical (unpaired) electrons. The van der Waals surface area contributed by atoms with E-state index in [2.05, 4.69) is 46.4 Å². The molecule has 154 valence electrons. The standard InChI is InChI=1S/C21H34N6O/c1-5-7-10-15(3)19(28)24-14-21(4,12-8-6-2)27-18-17-16(11-9-13-23-17)25-20(22)26-18/h9,11,13,15H,5-8,10,12,14H2,1-4H3,(H,24,28)(H3,22,25,26,27)/t15-,21-/m0/s1. The lowest BCUT2D eigenvalue weighted by Crippen LogP contribution is -2.48. The second-order valence-electron chi connectivity index (χ2n) is 7.85. The number of anilines is 2. The summed E-state index contributed by atoms with van der Waals surface area (Å²) in [5.41, 5.74) is 6.92. The monoisotopic (exact) mass is 386 g/mol. The lowest BCUT2D eigenvalue weighted by atomic mass is 9.94. The van der Waals surface area contributed by atoms with Gasteiger partial charge in [-0.1, -0.05) is 46.5 Å². The summed E-state index contributed by atoms with van der Waals surface area (Å²) in [4.78, 5) is 25.5. The summed E-state index contributed by atoms with van der Waals surface area (Å²) in [6.07, 6.45) is 7.80. The Morgan fingerprint density at radius 3 is 2.71 bits per heavy atom. The molecule has 0 spiro atoms. The molecule has 0 bridgehead atoms. The van der Waals surface area contributed by atoms with Crippen LogP contribution in [0.15, 0.2) is 18.3 Å². The van der Waals surface area contributed by atoms with Crippen molar-refractivity contribution in [2.75, 3.05) is 17.6 Å². The van der Waals surface area contributed by atoms with Crippen LogP contribution in [0.1, 0.15) is 66.2 Å². The van der Waals surface area contributed by atoms with Gasteiger partial charge in [0.05, 0.1) is 11.1 Å². The Morgan fingerprint density at radius 2 is 2.00 bits per heavy atom. The number of nitrogens with two attached hydrogens (primary N) is 1. The van der Waals surface area contributed by atoms with Crippen molar-refractivity contribution >= 4 is 28.7 Å². The number of nitrogens with one attached hydrogen (secondary N) is 2. The number of hydrogen-bond acceptors (Lipinski definition) is 6. The molecule has 2 aromatic rings. The van der Waals surface area contributed by atoms with E-state index in [1.807, 2.05) is 19.1 Å². The van der Waals surface area contributed by atoms with Crippen molar-refractivity contribution in [1.29, 1.82) is 0 Å². The zero-order valence-electron chi connectivity index (χ0n) is 17.6. The van der Waals surface area contributed by atoms with Crippen LogP contribution in [-0.4, -0.2) is 32.9 Å². The number of carbonyl (C=O) groups excluding carboxylic acids is 1. The van der Waals surface area contributed by atoms with Crippen LogP contribution in [-0.2, 0) is 4.79 Å². The van der Waals surface area contributed by atoms with E-state index < -0.39 is 0 Å². The number of aromatic nitrogens is 3. The lowest BCUT2D eigenvalue weighted by molar-refractivity contribution is -0.124. The van der Waals surface area contributed by atoms with Crippen molar-refractivity contribution in [2.24, 2.45) is 5.92 Å². The van der Waals surface area contributed by atoms with E-state index in [1.165, 1.54) is 0 Å².